The molecule has 0 aromatic heterocycles. The van der Waals surface area contributed by atoms with E-state index in [1.165, 1.54) is 4.90 Å². The van der Waals surface area contributed by atoms with Crippen molar-refractivity contribution in [3.05, 3.63) is 84.4 Å². The Morgan fingerprint density at radius 3 is 2.39 bits per heavy atom. The van der Waals surface area contributed by atoms with Gasteiger partial charge in [0, 0.05) is 0 Å². The topological polar surface area (TPSA) is 81.9 Å². The van der Waals surface area contributed by atoms with Crippen molar-refractivity contribution in [2.45, 2.75) is 6.10 Å². The van der Waals surface area contributed by atoms with Crippen LogP contribution in [0.15, 0.2) is 78.9 Å². The van der Waals surface area contributed by atoms with Gasteiger partial charge in [-0.1, -0.05) is 42.5 Å². The van der Waals surface area contributed by atoms with Crippen molar-refractivity contribution in [2.24, 2.45) is 5.73 Å². The predicted molar refractivity (Wildman–Crippen MR) is 105 cm³/mol. The lowest BCUT2D eigenvalue weighted by Crippen LogP contribution is -2.49. The number of amides is 2. The van der Waals surface area contributed by atoms with Crippen LogP contribution in [0.4, 0.5) is 5.69 Å². The maximum atomic E-state index is 13.4. The Labute approximate surface area is 162 Å². The quantitative estimate of drug-likeness (QED) is 0.759. The van der Waals surface area contributed by atoms with E-state index in [4.69, 9.17) is 15.2 Å². The first-order valence-electron chi connectivity index (χ1n) is 8.82. The van der Waals surface area contributed by atoms with E-state index in [2.05, 4.69) is 0 Å². The third-order valence-electron chi connectivity index (χ3n) is 4.42. The maximum absolute atomic E-state index is 13.4. The van der Waals surface area contributed by atoms with Gasteiger partial charge in [0.25, 0.3) is 11.8 Å². The molecule has 0 spiro atoms. The highest BCUT2D eigenvalue weighted by Gasteiger charge is 2.34. The van der Waals surface area contributed by atoms with Gasteiger partial charge in [-0.25, -0.2) is 0 Å². The fourth-order valence-corrected chi connectivity index (χ4v) is 3.07. The first-order valence-corrected chi connectivity index (χ1v) is 8.82. The van der Waals surface area contributed by atoms with Gasteiger partial charge in [-0.3, -0.25) is 9.59 Å². The minimum absolute atomic E-state index is 0.0326. The summed E-state index contributed by atoms with van der Waals surface area (Å²) in [4.78, 5) is 26.6. The van der Waals surface area contributed by atoms with Crippen molar-refractivity contribution in [1.29, 1.82) is 0 Å². The van der Waals surface area contributed by atoms with Crippen molar-refractivity contribution < 1.29 is 19.1 Å². The molecule has 4 rings (SSSR count). The molecule has 0 unspecified atom stereocenters. The van der Waals surface area contributed by atoms with E-state index in [1.54, 1.807) is 48.5 Å². The highest BCUT2D eigenvalue weighted by Crippen LogP contribution is 2.35. The lowest BCUT2D eigenvalue weighted by molar-refractivity contribution is -0.124. The SMILES string of the molecule is NC(=O)[C@@H]1CN(C(=O)c2ccccc2Oc2ccccc2)c2ccccc2O1. The molecule has 0 saturated carbocycles. The molecule has 0 saturated heterocycles. The fourth-order valence-electron chi connectivity index (χ4n) is 3.07. The second-order valence-corrected chi connectivity index (χ2v) is 6.30. The number of hydrogen-bond acceptors (Lipinski definition) is 4. The maximum Gasteiger partial charge on any atom is 0.262 e. The Balaban J connectivity index is 1.71. The molecule has 1 atom stereocenters. The lowest BCUT2D eigenvalue weighted by Gasteiger charge is -2.33. The predicted octanol–water partition coefficient (Wildman–Crippen LogP) is 3.37. The van der Waals surface area contributed by atoms with Crippen molar-refractivity contribution in [3.8, 4) is 17.2 Å². The molecule has 0 radical (unpaired) electrons. The van der Waals surface area contributed by atoms with Crippen molar-refractivity contribution in [1.82, 2.24) is 0 Å². The summed E-state index contributed by atoms with van der Waals surface area (Å²) in [6, 6.07) is 23.3. The Morgan fingerprint density at radius 1 is 0.929 bits per heavy atom. The second-order valence-electron chi connectivity index (χ2n) is 6.30. The molecule has 6 nitrogen and oxygen atoms in total. The zero-order chi connectivity index (χ0) is 19.5. The molecule has 0 fully saturated rings. The van der Waals surface area contributed by atoms with Gasteiger partial charge in [0.2, 0.25) is 0 Å². The number of hydrogen-bond donors (Lipinski definition) is 1. The van der Waals surface area contributed by atoms with Crippen LogP contribution < -0.4 is 20.1 Å². The number of para-hydroxylation sites is 4. The van der Waals surface area contributed by atoms with E-state index in [0.29, 0.717) is 28.5 Å². The number of carbonyl (C=O) groups excluding carboxylic acids is 2. The van der Waals surface area contributed by atoms with E-state index in [-0.39, 0.29) is 12.5 Å². The number of ether oxygens (including phenoxy) is 2. The number of nitrogens with two attached hydrogens (primary N) is 1. The Kier molecular flexibility index (Phi) is 4.68. The van der Waals surface area contributed by atoms with Crippen LogP contribution in [0.1, 0.15) is 10.4 Å². The van der Waals surface area contributed by atoms with Crippen LogP contribution in [0, 0.1) is 0 Å². The summed E-state index contributed by atoms with van der Waals surface area (Å²) in [5, 5.41) is 0. The smallest absolute Gasteiger partial charge is 0.262 e. The molecule has 28 heavy (non-hydrogen) atoms. The first-order chi connectivity index (χ1) is 13.6. The number of rotatable bonds is 4. The minimum Gasteiger partial charge on any atom is -0.477 e. The molecule has 2 N–H and O–H groups in total. The summed E-state index contributed by atoms with van der Waals surface area (Å²) in [5.41, 5.74) is 6.39. The monoisotopic (exact) mass is 374 g/mol. The van der Waals surface area contributed by atoms with Gasteiger partial charge in [-0.15, -0.1) is 0 Å². The van der Waals surface area contributed by atoms with Crippen LogP contribution in [0.25, 0.3) is 0 Å². The standard InChI is InChI=1S/C22H18N2O4/c23-21(25)20-14-24(17-11-5-7-13-19(17)28-20)22(26)16-10-4-6-12-18(16)27-15-8-2-1-3-9-15/h1-13,20H,14H2,(H2,23,25)/t20-/m0/s1. The molecule has 1 aliphatic rings. The third-order valence-corrected chi connectivity index (χ3v) is 4.42. The summed E-state index contributed by atoms with van der Waals surface area (Å²) in [6.45, 7) is 0.0326. The van der Waals surface area contributed by atoms with Gasteiger partial charge in [0.1, 0.15) is 17.2 Å². The largest absolute Gasteiger partial charge is 0.477 e. The zero-order valence-electron chi connectivity index (χ0n) is 14.9. The highest BCUT2D eigenvalue weighted by atomic mass is 16.5. The second kappa shape index (κ2) is 7.44. The molecule has 1 heterocycles. The van der Waals surface area contributed by atoms with Gasteiger partial charge >= 0.3 is 0 Å². The Hall–Kier alpha value is -3.80. The van der Waals surface area contributed by atoms with E-state index in [9.17, 15) is 9.59 Å². The molecule has 3 aromatic carbocycles. The minimum atomic E-state index is -0.916. The first kappa shape index (κ1) is 17.6. The number of fused-ring (bicyclic) bond motifs is 1. The Bertz CT molecular complexity index is 1020. The van der Waals surface area contributed by atoms with E-state index in [0.717, 1.165) is 0 Å². The van der Waals surface area contributed by atoms with Crippen LogP contribution >= 0.6 is 0 Å². The fraction of sp³-hybridized carbons (Fsp3) is 0.0909. The van der Waals surface area contributed by atoms with Crippen LogP contribution in [0.3, 0.4) is 0 Å². The number of carbonyl (C=O) groups is 2. The molecule has 2 amide bonds. The van der Waals surface area contributed by atoms with Gasteiger partial charge in [-0.05, 0) is 36.4 Å². The van der Waals surface area contributed by atoms with Crippen molar-refractivity contribution >= 4 is 17.5 Å². The number of primary amides is 1. The average molecular weight is 374 g/mol. The molecule has 6 heteroatoms. The summed E-state index contributed by atoms with van der Waals surface area (Å²) < 4.78 is 11.5. The molecule has 140 valence electrons. The normalized spacial score (nSPS) is 15.3. The lowest BCUT2D eigenvalue weighted by atomic mass is 10.1. The summed E-state index contributed by atoms with van der Waals surface area (Å²) in [5.74, 6) is 0.570. The number of nitrogens with zero attached hydrogens (tertiary/aromatic N) is 1. The number of benzene rings is 3. The summed E-state index contributed by atoms with van der Waals surface area (Å²) >= 11 is 0. The van der Waals surface area contributed by atoms with Crippen LogP contribution in [0.2, 0.25) is 0 Å². The summed E-state index contributed by atoms with van der Waals surface area (Å²) in [7, 11) is 0. The van der Waals surface area contributed by atoms with Crippen LogP contribution in [-0.4, -0.2) is 24.5 Å². The van der Waals surface area contributed by atoms with Crippen molar-refractivity contribution in [3.63, 3.8) is 0 Å². The van der Waals surface area contributed by atoms with E-state index < -0.39 is 12.0 Å². The highest BCUT2D eigenvalue weighted by molar-refractivity contribution is 6.09. The molecule has 1 aliphatic heterocycles. The third kappa shape index (κ3) is 3.40. The van der Waals surface area contributed by atoms with Gasteiger partial charge in [-0.2, -0.15) is 0 Å². The summed E-state index contributed by atoms with van der Waals surface area (Å²) in [6.07, 6.45) is -0.916. The molecular formula is C22H18N2O4. The molecular weight excluding hydrogens is 356 g/mol. The molecule has 3 aromatic rings. The van der Waals surface area contributed by atoms with Crippen LogP contribution in [-0.2, 0) is 4.79 Å². The van der Waals surface area contributed by atoms with Crippen LogP contribution in [0.5, 0.6) is 17.2 Å². The van der Waals surface area contributed by atoms with E-state index >= 15 is 0 Å². The van der Waals surface area contributed by atoms with Gasteiger partial charge in [0.15, 0.2) is 6.10 Å². The number of anilines is 1. The zero-order valence-corrected chi connectivity index (χ0v) is 14.9. The average Bonchev–Trinajstić information content (AvgIpc) is 2.73. The van der Waals surface area contributed by atoms with Crippen molar-refractivity contribution in [2.75, 3.05) is 11.4 Å². The molecule has 0 aliphatic carbocycles. The van der Waals surface area contributed by atoms with Gasteiger partial charge in [0.05, 0.1) is 17.8 Å². The Morgan fingerprint density at radius 2 is 1.61 bits per heavy atom. The molecule has 0 bridgehead atoms. The van der Waals surface area contributed by atoms with Gasteiger partial charge < -0.3 is 20.1 Å². The van der Waals surface area contributed by atoms with E-state index in [1.807, 2.05) is 30.3 Å².